The molecule has 1 aliphatic heterocycles. The summed E-state index contributed by atoms with van der Waals surface area (Å²) in [5.41, 5.74) is 3.95. The van der Waals surface area contributed by atoms with Crippen LogP contribution < -0.4 is 10.4 Å². The normalized spacial score (nSPS) is 15.4. The van der Waals surface area contributed by atoms with Crippen molar-refractivity contribution in [3.8, 4) is 0 Å². The number of carbonyl (C=O) groups is 3. The smallest absolute Gasteiger partial charge is 0.337 e. The molecule has 2 aromatic carbocycles. The molecule has 3 rings (SSSR count). The third-order valence-corrected chi connectivity index (χ3v) is 3.84. The van der Waals surface area contributed by atoms with E-state index in [0.717, 1.165) is 5.01 Å². The first kappa shape index (κ1) is 16.7. The molecule has 0 saturated carbocycles. The molecule has 0 aromatic heterocycles. The number of hydrazine groups is 1. The zero-order valence-corrected chi connectivity index (χ0v) is 13.9. The van der Waals surface area contributed by atoms with Gasteiger partial charge in [0.05, 0.1) is 18.4 Å². The van der Waals surface area contributed by atoms with Crippen LogP contribution in [0.1, 0.15) is 15.9 Å². The molecule has 2 amide bonds. The van der Waals surface area contributed by atoms with Crippen molar-refractivity contribution in [2.45, 2.75) is 0 Å². The number of rotatable bonds is 3. The number of amides is 2. The SMILES string of the molecule is COC(=O)c1ccc(C=C2C(=O)NN(c3cccc(Cl)c3)C2=O)cc1. The number of hydrogen-bond acceptors (Lipinski definition) is 4. The molecule has 2 aromatic rings. The molecule has 6 nitrogen and oxygen atoms in total. The van der Waals surface area contributed by atoms with Crippen LogP contribution in [0.2, 0.25) is 5.02 Å². The fraction of sp³-hybridized carbons (Fsp3) is 0.0556. The first-order valence-corrected chi connectivity index (χ1v) is 7.68. The first-order chi connectivity index (χ1) is 12.0. The molecule has 126 valence electrons. The minimum absolute atomic E-state index is 0.00852. The summed E-state index contributed by atoms with van der Waals surface area (Å²) < 4.78 is 4.63. The van der Waals surface area contributed by atoms with Gasteiger partial charge in [-0.1, -0.05) is 29.8 Å². The van der Waals surface area contributed by atoms with E-state index in [9.17, 15) is 14.4 Å². The summed E-state index contributed by atoms with van der Waals surface area (Å²) in [5, 5.41) is 1.60. The van der Waals surface area contributed by atoms with Gasteiger partial charge >= 0.3 is 5.97 Å². The van der Waals surface area contributed by atoms with E-state index in [1.807, 2.05) is 0 Å². The Labute approximate surface area is 148 Å². The lowest BCUT2D eigenvalue weighted by Crippen LogP contribution is -2.35. The Morgan fingerprint density at radius 3 is 2.52 bits per heavy atom. The Kier molecular flexibility index (Phi) is 4.54. The van der Waals surface area contributed by atoms with E-state index in [0.29, 0.717) is 21.8 Å². The van der Waals surface area contributed by atoms with Gasteiger partial charge in [-0.2, -0.15) is 0 Å². The van der Waals surface area contributed by atoms with Gasteiger partial charge in [-0.3, -0.25) is 15.0 Å². The number of benzene rings is 2. The molecule has 0 radical (unpaired) electrons. The zero-order valence-electron chi connectivity index (χ0n) is 13.2. The number of nitrogens with one attached hydrogen (secondary N) is 1. The summed E-state index contributed by atoms with van der Waals surface area (Å²) >= 11 is 5.92. The molecule has 0 aliphatic carbocycles. The van der Waals surface area contributed by atoms with Crippen LogP contribution in [0.15, 0.2) is 54.1 Å². The molecule has 1 fully saturated rings. The van der Waals surface area contributed by atoms with Gasteiger partial charge in [-0.05, 0) is 42.0 Å². The largest absolute Gasteiger partial charge is 0.465 e. The van der Waals surface area contributed by atoms with E-state index in [4.69, 9.17) is 11.6 Å². The quantitative estimate of drug-likeness (QED) is 0.521. The van der Waals surface area contributed by atoms with E-state index >= 15 is 0 Å². The van der Waals surface area contributed by atoms with Crippen molar-refractivity contribution in [3.63, 3.8) is 0 Å². The predicted molar refractivity (Wildman–Crippen MR) is 92.8 cm³/mol. The Morgan fingerprint density at radius 1 is 1.16 bits per heavy atom. The Bertz CT molecular complexity index is 890. The monoisotopic (exact) mass is 356 g/mol. The van der Waals surface area contributed by atoms with Gasteiger partial charge in [-0.15, -0.1) is 0 Å². The Balaban J connectivity index is 1.87. The number of nitrogens with zero attached hydrogens (tertiary/aromatic N) is 1. The van der Waals surface area contributed by atoms with E-state index < -0.39 is 17.8 Å². The zero-order chi connectivity index (χ0) is 18.0. The average Bonchev–Trinajstić information content (AvgIpc) is 2.90. The van der Waals surface area contributed by atoms with E-state index in [-0.39, 0.29) is 5.57 Å². The maximum atomic E-state index is 12.5. The molecule has 0 unspecified atom stereocenters. The Morgan fingerprint density at radius 2 is 1.88 bits per heavy atom. The van der Waals surface area contributed by atoms with Crippen molar-refractivity contribution < 1.29 is 19.1 Å². The van der Waals surface area contributed by atoms with Gasteiger partial charge in [0, 0.05) is 5.02 Å². The number of halogens is 1. The maximum Gasteiger partial charge on any atom is 0.337 e. The highest BCUT2D eigenvalue weighted by molar-refractivity contribution is 6.33. The highest BCUT2D eigenvalue weighted by atomic mass is 35.5. The number of esters is 1. The molecule has 25 heavy (non-hydrogen) atoms. The molecule has 1 heterocycles. The number of methoxy groups -OCH3 is 1. The molecule has 0 atom stereocenters. The summed E-state index contributed by atoms with van der Waals surface area (Å²) in [5.74, 6) is -1.45. The second-order valence-corrected chi connectivity index (χ2v) is 5.67. The second kappa shape index (κ2) is 6.78. The number of anilines is 1. The molecule has 1 aliphatic rings. The first-order valence-electron chi connectivity index (χ1n) is 7.30. The van der Waals surface area contributed by atoms with Crippen molar-refractivity contribution in [1.29, 1.82) is 0 Å². The van der Waals surface area contributed by atoms with Gasteiger partial charge in [0.15, 0.2) is 0 Å². The van der Waals surface area contributed by atoms with Crippen molar-refractivity contribution in [2.75, 3.05) is 12.1 Å². The van der Waals surface area contributed by atoms with Crippen molar-refractivity contribution in [2.24, 2.45) is 0 Å². The summed E-state index contributed by atoms with van der Waals surface area (Å²) in [6.07, 6.45) is 1.46. The minimum Gasteiger partial charge on any atom is -0.465 e. The van der Waals surface area contributed by atoms with E-state index in [2.05, 4.69) is 10.2 Å². The second-order valence-electron chi connectivity index (χ2n) is 5.23. The van der Waals surface area contributed by atoms with Crippen molar-refractivity contribution >= 4 is 41.1 Å². The highest BCUT2D eigenvalue weighted by Gasteiger charge is 2.34. The van der Waals surface area contributed by atoms with Crippen LogP contribution in [0, 0.1) is 0 Å². The van der Waals surface area contributed by atoms with Gasteiger partial charge in [0.2, 0.25) is 0 Å². The van der Waals surface area contributed by atoms with E-state index in [1.165, 1.54) is 13.2 Å². The van der Waals surface area contributed by atoms with Crippen LogP contribution >= 0.6 is 11.6 Å². The van der Waals surface area contributed by atoms with Crippen LogP contribution in [0.25, 0.3) is 6.08 Å². The van der Waals surface area contributed by atoms with Gasteiger partial charge < -0.3 is 4.74 Å². The third kappa shape index (κ3) is 3.39. The minimum atomic E-state index is -0.512. The topological polar surface area (TPSA) is 75.7 Å². The number of carbonyl (C=O) groups excluding carboxylic acids is 3. The molecular formula is C18H13ClN2O4. The molecule has 7 heteroatoms. The summed E-state index contributed by atoms with van der Waals surface area (Å²) in [4.78, 5) is 36.1. The fourth-order valence-electron chi connectivity index (χ4n) is 2.35. The summed E-state index contributed by atoms with van der Waals surface area (Å²) in [6, 6.07) is 13.0. The van der Waals surface area contributed by atoms with Crippen LogP contribution in [0.4, 0.5) is 5.69 Å². The number of ether oxygens (including phenoxy) is 1. The van der Waals surface area contributed by atoms with Crippen molar-refractivity contribution in [1.82, 2.24) is 5.43 Å². The Hall–Kier alpha value is -3.12. The predicted octanol–water partition coefficient (Wildman–Crippen LogP) is 2.59. The molecule has 0 bridgehead atoms. The average molecular weight is 357 g/mol. The molecule has 1 N–H and O–H groups in total. The third-order valence-electron chi connectivity index (χ3n) is 3.60. The van der Waals surface area contributed by atoms with Gasteiger partial charge in [-0.25, -0.2) is 9.80 Å². The van der Waals surface area contributed by atoms with E-state index in [1.54, 1.807) is 48.5 Å². The lowest BCUT2D eigenvalue weighted by atomic mass is 10.1. The van der Waals surface area contributed by atoms with Crippen LogP contribution in [-0.2, 0) is 14.3 Å². The summed E-state index contributed by atoms with van der Waals surface area (Å²) in [7, 11) is 1.30. The maximum absolute atomic E-state index is 12.5. The fourth-order valence-corrected chi connectivity index (χ4v) is 2.54. The lowest BCUT2D eigenvalue weighted by molar-refractivity contribution is -0.117. The van der Waals surface area contributed by atoms with Crippen LogP contribution in [-0.4, -0.2) is 24.9 Å². The van der Waals surface area contributed by atoms with Crippen LogP contribution in [0.5, 0.6) is 0 Å². The highest BCUT2D eigenvalue weighted by Crippen LogP contribution is 2.24. The van der Waals surface area contributed by atoms with Crippen molar-refractivity contribution in [3.05, 3.63) is 70.3 Å². The van der Waals surface area contributed by atoms with Gasteiger partial charge in [0.25, 0.3) is 11.8 Å². The molecule has 1 saturated heterocycles. The summed E-state index contributed by atoms with van der Waals surface area (Å²) in [6.45, 7) is 0. The number of hydrogen-bond donors (Lipinski definition) is 1. The molecular weight excluding hydrogens is 344 g/mol. The lowest BCUT2D eigenvalue weighted by Gasteiger charge is -2.14. The molecule has 0 spiro atoms. The van der Waals surface area contributed by atoms with Crippen LogP contribution in [0.3, 0.4) is 0 Å². The standard InChI is InChI=1S/C18H13ClN2O4/c1-25-18(24)12-7-5-11(6-8-12)9-15-16(22)20-21(17(15)23)14-4-2-3-13(19)10-14/h2-10H,1H3,(H,20,22). The van der Waals surface area contributed by atoms with Gasteiger partial charge in [0.1, 0.15) is 5.57 Å².